The number of aliphatic hydroxyl groups is 1. The molecule has 0 fully saturated rings. The van der Waals surface area contributed by atoms with Gasteiger partial charge in [-0.3, -0.25) is 9.89 Å². The van der Waals surface area contributed by atoms with E-state index in [1.54, 1.807) is 23.1 Å². The average molecular weight is 407 g/mol. The molecule has 1 aliphatic rings. The number of β-amino-alcohol motifs (C(OH)–C–C–N with tert-alkyl or cyclic N) is 1. The van der Waals surface area contributed by atoms with Gasteiger partial charge in [0.2, 0.25) is 0 Å². The number of hydrogen-bond donors (Lipinski definition) is 3. The maximum Gasteiger partial charge on any atom is 0.273 e. The number of aliphatic hydroxyl groups excluding tert-OH is 1. The van der Waals surface area contributed by atoms with Crippen LogP contribution >= 0.6 is 0 Å². The van der Waals surface area contributed by atoms with Gasteiger partial charge in [0.15, 0.2) is 0 Å². The van der Waals surface area contributed by atoms with Crippen LogP contribution in [0.2, 0.25) is 0 Å². The highest BCUT2D eigenvalue weighted by Crippen LogP contribution is 2.44. The fourth-order valence-corrected chi connectivity index (χ4v) is 3.84. The number of H-pyrrole nitrogens is 1. The number of carbonyl (C=O) groups is 1. The van der Waals surface area contributed by atoms with Crippen molar-refractivity contribution < 1.29 is 19.7 Å². The van der Waals surface area contributed by atoms with Gasteiger partial charge in [-0.05, 0) is 36.2 Å². The van der Waals surface area contributed by atoms with Crippen LogP contribution in [0.25, 0.3) is 11.3 Å². The third kappa shape index (κ3) is 3.52. The minimum atomic E-state index is -0.419. The number of nitrogens with zero attached hydrogens (tertiary/aromatic N) is 2. The summed E-state index contributed by atoms with van der Waals surface area (Å²) in [5, 5.41) is 27.1. The number of nitrogens with one attached hydrogen (secondary N) is 1. The number of ether oxygens (including phenoxy) is 1. The van der Waals surface area contributed by atoms with E-state index in [9.17, 15) is 15.0 Å². The average Bonchev–Trinajstić information content (AvgIpc) is 3.29. The van der Waals surface area contributed by atoms with E-state index in [2.05, 4.69) is 17.1 Å². The predicted molar refractivity (Wildman–Crippen MR) is 112 cm³/mol. The highest BCUT2D eigenvalue weighted by molar-refractivity contribution is 6.00. The van der Waals surface area contributed by atoms with Crippen molar-refractivity contribution in [2.75, 3.05) is 19.8 Å². The van der Waals surface area contributed by atoms with Gasteiger partial charge in [-0.25, -0.2) is 0 Å². The molecule has 0 saturated heterocycles. The van der Waals surface area contributed by atoms with Gasteiger partial charge in [-0.15, -0.1) is 0 Å². The quantitative estimate of drug-likeness (QED) is 0.497. The Labute approximate surface area is 174 Å². The van der Waals surface area contributed by atoms with Gasteiger partial charge in [-0.2, -0.15) is 5.10 Å². The lowest BCUT2D eigenvalue weighted by molar-refractivity contribution is 0.0706. The molecular formula is C23H25N3O4. The summed E-state index contributed by atoms with van der Waals surface area (Å²) in [6, 6.07) is 14.1. The highest BCUT2D eigenvalue weighted by Gasteiger charge is 2.42. The number of aromatic nitrogens is 2. The van der Waals surface area contributed by atoms with Gasteiger partial charge >= 0.3 is 0 Å². The minimum absolute atomic E-state index is 0.0956. The maximum atomic E-state index is 13.0. The van der Waals surface area contributed by atoms with Crippen molar-refractivity contribution in [3.63, 3.8) is 0 Å². The monoisotopic (exact) mass is 407 g/mol. The molecule has 0 saturated carbocycles. The summed E-state index contributed by atoms with van der Waals surface area (Å²) in [6.07, 6.45) is 2.06. The van der Waals surface area contributed by atoms with Crippen molar-refractivity contribution in [2.24, 2.45) is 0 Å². The Balaban J connectivity index is 1.75. The second-order valence-corrected chi connectivity index (χ2v) is 7.27. The van der Waals surface area contributed by atoms with Crippen LogP contribution in [0.1, 0.15) is 47.4 Å². The van der Waals surface area contributed by atoms with Gasteiger partial charge in [-0.1, -0.05) is 37.6 Å². The molecule has 7 nitrogen and oxygen atoms in total. The smallest absolute Gasteiger partial charge is 0.273 e. The molecule has 3 N–H and O–H groups in total. The Morgan fingerprint density at radius 2 is 1.93 bits per heavy atom. The number of fused-ring (bicyclic) bond motifs is 1. The van der Waals surface area contributed by atoms with Crippen LogP contribution < -0.4 is 4.74 Å². The van der Waals surface area contributed by atoms with Crippen molar-refractivity contribution >= 4 is 5.91 Å². The van der Waals surface area contributed by atoms with Crippen LogP contribution in [0.4, 0.5) is 0 Å². The van der Waals surface area contributed by atoms with Crippen molar-refractivity contribution in [3.8, 4) is 22.8 Å². The Morgan fingerprint density at radius 3 is 2.63 bits per heavy atom. The number of unbranched alkanes of at least 4 members (excludes halogenated alkanes) is 1. The van der Waals surface area contributed by atoms with Gasteiger partial charge in [0.25, 0.3) is 5.91 Å². The number of aromatic amines is 1. The Hall–Kier alpha value is -3.32. The second kappa shape index (κ2) is 8.59. The zero-order chi connectivity index (χ0) is 21.1. The SMILES string of the molecule is CCCCOc1ccc([C@@H]2c3c(-c4ccccc4O)n[nH]c3C(=O)N2CCO)cc1. The van der Waals surface area contributed by atoms with E-state index in [0.717, 1.165) is 24.2 Å². The van der Waals surface area contributed by atoms with E-state index < -0.39 is 6.04 Å². The van der Waals surface area contributed by atoms with Gasteiger partial charge < -0.3 is 19.8 Å². The molecule has 3 aromatic rings. The summed E-state index contributed by atoms with van der Waals surface area (Å²) in [7, 11) is 0. The third-order valence-corrected chi connectivity index (χ3v) is 5.33. The summed E-state index contributed by atoms with van der Waals surface area (Å²) in [5.74, 6) is 0.651. The molecule has 2 heterocycles. The van der Waals surface area contributed by atoms with Crippen molar-refractivity contribution in [2.45, 2.75) is 25.8 Å². The molecule has 0 aliphatic carbocycles. The van der Waals surface area contributed by atoms with Gasteiger partial charge in [0.05, 0.1) is 19.3 Å². The van der Waals surface area contributed by atoms with Crippen LogP contribution in [-0.4, -0.2) is 51.0 Å². The summed E-state index contributed by atoms with van der Waals surface area (Å²) in [4.78, 5) is 14.6. The first kappa shape index (κ1) is 20.0. The molecule has 7 heteroatoms. The first-order valence-corrected chi connectivity index (χ1v) is 10.2. The molecule has 0 spiro atoms. The number of benzene rings is 2. The topological polar surface area (TPSA) is 98.7 Å². The predicted octanol–water partition coefficient (Wildman–Crippen LogP) is 3.50. The molecule has 0 unspecified atom stereocenters. The number of phenolic OH excluding ortho intramolecular Hbond substituents is 1. The molecule has 1 amide bonds. The van der Waals surface area contributed by atoms with E-state index in [0.29, 0.717) is 29.1 Å². The van der Waals surface area contributed by atoms with Crippen LogP contribution in [0.3, 0.4) is 0 Å². The lowest BCUT2D eigenvalue weighted by Gasteiger charge is -2.25. The molecule has 30 heavy (non-hydrogen) atoms. The summed E-state index contributed by atoms with van der Waals surface area (Å²) < 4.78 is 5.75. The lowest BCUT2D eigenvalue weighted by atomic mass is 9.95. The number of rotatable bonds is 8. The number of amides is 1. The molecular weight excluding hydrogens is 382 g/mol. The lowest BCUT2D eigenvalue weighted by Crippen LogP contribution is -2.32. The summed E-state index contributed by atoms with van der Waals surface area (Å²) >= 11 is 0. The van der Waals surface area contributed by atoms with E-state index in [1.807, 2.05) is 30.3 Å². The Kier molecular flexibility index (Phi) is 5.72. The summed E-state index contributed by atoms with van der Waals surface area (Å²) in [5.41, 5.74) is 3.06. The number of para-hydroxylation sites is 1. The molecule has 2 aromatic carbocycles. The second-order valence-electron chi connectivity index (χ2n) is 7.27. The van der Waals surface area contributed by atoms with Crippen LogP contribution in [0, 0.1) is 0 Å². The fraction of sp³-hybridized carbons (Fsp3) is 0.304. The number of hydrogen-bond acceptors (Lipinski definition) is 5. The van der Waals surface area contributed by atoms with Gasteiger partial charge in [0, 0.05) is 17.7 Å². The van der Waals surface area contributed by atoms with Crippen LogP contribution in [-0.2, 0) is 0 Å². The fourth-order valence-electron chi connectivity index (χ4n) is 3.84. The first-order chi connectivity index (χ1) is 14.7. The first-order valence-electron chi connectivity index (χ1n) is 10.2. The normalized spacial score (nSPS) is 15.5. The van der Waals surface area contributed by atoms with Crippen molar-refractivity contribution in [1.29, 1.82) is 0 Å². The molecule has 0 bridgehead atoms. The zero-order valence-corrected chi connectivity index (χ0v) is 16.8. The van der Waals surface area contributed by atoms with E-state index >= 15 is 0 Å². The van der Waals surface area contributed by atoms with Crippen LogP contribution in [0.15, 0.2) is 48.5 Å². The molecule has 1 atom stereocenters. The molecule has 0 radical (unpaired) electrons. The Bertz CT molecular complexity index is 1030. The van der Waals surface area contributed by atoms with E-state index in [-0.39, 0.29) is 24.8 Å². The standard InChI is InChI=1S/C23H25N3O4/c1-2-3-14-30-16-10-8-15(9-11-16)22-19-20(17-6-4-5-7-18(17)28)24-25-21(19)23(29)26(22)12-13-27/h4-11,22,27-28H,2-3,12-14H2,1H3,(H,24,25)/t22-/m1/s1. The van der Waals surface area contributed by atoms with Gasteiger partial charge in [0.1, 0.15) is 22.9 Å². The van der Waals surface area contributed by atoms with Crippen molar-refractivity contribution in [3.05, 3.63) is 65.4 Å². The highest BCUT2D eigenvalue weighted by atomic mass is 16.5. The third-order valence-electron chi connectivity index (χ3n) is 5.33. The molecule has 156 valence electrons. The number of phenols is 1. The number of carbonyl (C=O) groups excluding carboxylic acids is 1. The molecule has 1 aliphatic heterocycles. The van der Waals surface area contributed by atoms with Crippen LogP contribution in [0.5, 0.6) is 11.5 Å². The minimum Gasteiger partial charge on any atom is -0.507 e. The molecule has 4 rings (SSSR count). The largest absolute Gasteiger partial charge is 0.507 e. The van der Waals surface area contributed by atoms with E-state index in [4.69, 9.17) is 4.74 Å². The molecule has 1 aromatic heterocycles. The maximum absolute atomic E-state index is 13.0. The summed E-state index contributed by atoms with van der Waals surface area (Å²) in [6.45, 7) is 2.83. The van der Waals surface area contributed by atoms with E-state index in [1.165, 1.54) is 0 Å². The number of aromatic hydroxyl groups is 1. The Morgan fingerprint density at radius 1 is 1.17 bits per heavy atom. The zero-order valence-electron chi connectivity index (χ0n) is 16.8. The van der Waals surface area contributed by atoms with Crippen molar-refractivity contribution in [1.82, 2.24) is 15.1 Å².